The molecule has 0 aliphatic rings. The third-order valence-electron chi connectivity index (χ3n) is 4.60. The van der Waals surface area contributed by atoms with E-state index in [0.29, 0.717) is 22.9 Å². The Morgan fingerprint density at radius 3 is 2.44 bits per heavy atom. The number of rotatable bonds is 9. The maximum atomic E-state index is 12.7. The van der Waals surface area contributed by atoms with Crippen LogP contribution in [0.5, 0.6) is 0 Å². The van der Waals surface area contributed by atoms with Gasteiger partial charge in [0.15, 0.2) is 5.13 Å². The maximum Gasteiger partial charge on any atom is 0.254 e. The highest BCUT2D eigenvalue weighted by molar-refractivity contribution is 7.13. The molecular weight excluding hydrogens is 426 g/mol. The fraction of sp³-hybridized carbons (Fsp3) is 0.261. The smallest absolute Gasteiger partial charge is 0.254 e. The van der Waals surface area contributed by atoms with E-state index in [1.165, 1.54) is 16.2 Å². The van der Waals surface area contributed by atoms with Gasteiger partial charge in [-0.2, -0.15) is 0 Å². The minimum Gasteiger partial charge on any atom is -0.352 e. The van der Waals surface area contributed by atoms with E-state index in [4.69, 9.17) is 0 Å². The van der Waals surface area contributed by atoms with Crippen LogP contribution < -0.4 is 10.6 Å². The summed E-state index contributed by atoms with van der Waals surface area (Å²) in [6.07, 6.45) is 3.46. The summed E-state index contributed by atoms with van der Waals surface area (Å²) in [6.45, 7) is 4.04. The highest BCUT2D eigenvalue weighted by atomic mass is 32.1. The van der Waals surface area contributed by atoms with Gasteiger partial charge in [-0.05, 0) is 43.7 Å². The van der Waals surface area contributed by atoms with E-state index >= 15 is 0 Å². The standard InChI is InChI=1S/C23H25N5O3S/c1-16(2)28(22(31)18-6-4-3-5-7-18)14-21(30)27-23-26-19(15-32-23)12-20(29)25-13-17-8-10-24-11-9-17/h3-11,15-16H,12-14H2,1-2H3,(H,25,29)(H,26,27,30). The fourth-order valence-electron chi connectivity index (χ4n) is 2.92. The molecule has 0 radical (unpaired) electrons. The minimum absolute atomic E-state index is 0.0905. The minimum atomic E-state index is -0.342. The van der Waals surface area contributed by atoms with Gasteiger partial charge in [0.25, 0.3) is 5.91 Å². The average molecular weight is 452 g/mol. The Hall–Kier alpha value is -3.59. The van der Waals surface area contributed by atoms with E-state index in [9.17, 15) is 14.4 Å². The number of thiazole rings is 1. The van der Waals surface area contributed by atoms with Crippen LogP contribution in [0.15, 0.2) is 60.2 Å². The number of carbonyl (C=O) groups excluding carboxylic acids is 3. The van der Waals surface area contributed by atoms with Crippen molar-refractivity contribution in [2.75, 3.05) is 11.9 Å². The number of aromatic nitrogens is 2. The lowest BCUT2D eigenvalue weighted by molar-refractivity contribution is -0.120. The molecule has 0 saturated carbocycles. The second-order valence-electron chi connectivity index (χ2n) is 7.39. The number of hydrogen-bond acceptors (Lipinski definition) is 6. The molecule has 9 heteroatoms. The van der Waals surface area contributed by atoms with Crippen molar-refractivity contribution in [1.29, 1.82) is 0 Å². The molecule has 0 spiro atoms. The Morgan fingerprint density at radius 1 is 1.03 bits per heavy atom. The molecule has 2 heterocycles. The van der Waals surface area contributed by atoms with Gasteiger partial charge in [-0.15, -0.1) is 11.3 Å². The number of amides is 3. The number of nitrogens with one attached hydrogen (secondary N) is 2. The zero-order valence-corrected chi connectivity index (χ0v) is 18.8. The third kappa shape index (κ3) is 6.71. The SMILES string of the molecule is CC(C)N(CC(=O)Nc1nc(CC(=O)NCc2ccncc2)cs1)C(=O)c1ccccc1. The van der Waals surface area contributed by atoms with Crippen molar-refractivity contribution in [2.45, 2.75) is 32.9 Å². The van der Waals surface area contributed by atoms with Crippen molar-refractivity contribution in [3.8, 4) is 0 Å². The van der Waals surface area contributed by atoms with Crippen molar-refractivity contribution in [3.05, 3.63) is 77.1 Å². The zero-order valence-electron chi connectivity index (χ0n) is 17.9. The number of pyridine rings is 1. The number of anilines is 1. The summed E-state index contributed by atoms with van der Waals surface area (Å²) >= 11 is 1.24. The maximum absolute atomic E-state index is 12.7. The molecular formula is C23H25N5O3S. The summed E-state index contributed by atoms with van der Waals surface area (Å²) in [5, 5.41) is 7.68. The van der Waals surface area contributed by atoms with Crippen molar-refractivity contribution in [2.24, 2.45) is 0 Å². The molecule has 3 amide bonds. The zero-order chi connectivity index (χ0) is 22.9. The normalized spacial score (nSPS) is 10.6. The summed E-state index contributed by atoms with van der Waals surface area (Å²) in [5.74, 6) is -0.711. The Morgan fingerprint density at radius 2 is 1.75 bits per heavy atom. The van der Waals surface area contributed by atoms with Crippen LogP contribution in [-0.2, 0) is 22.6 Å². The molecule has 0 aliphatic heterocycles. The first kappa shape index (κ1) is 23.1. The van der Waals surface area contributed by atoms with E-state index in [2.05, 4.69) is 20.6 Å². The number of hydrogen-bond donors (Lipinski definition) is 2. The Labute approximate surface area is 190 Å². The number of nitrogens with zero attached hydrogens (tertiary/aromatic N) is 3. The van der Waals surface area contributed by atoms with E-state index in [-0.39, 0.29) is 36.7 Å². The lowest BCUT2D eigenvalue weighted by atomic mass is 10.1. The first-order valence-electron chi connectivity index (χ1n) is 10.2. The molecule has 0 bridgehead atoms. The molecule has 0 unspecified atom stereocenters. The van der Waals surface area contributed by atoms with Gasteiger partial charge in [-0.1, -0.05) is 18.2 Å². The van der Waals surface area contributed by atoms with Gasteiger partial charge < -0.3 is 15.5 Å². The lowest BCUT2D eigenvalue weighted by Crippen LogP contribution is -2.42. The molecule has 1 aromatic carbocycles. The molecule has 0 atom stereocenters. The van der Waals surface area contributed by atoms with Gasteiger partial charge in [-0.3, -0.25) is 19.4 Å². The lowest BCUT2D eigenvalue weighted by Gasteiger charge is -2.26. The highest BCUT2D eigenvalue weighted by Gasteiger charge is 2.22. The summed E-state index contributed by atoms with van der Waals surface area (Å²) in [4.78, 5) is 47.2. The molecule has 166 valence electrons. The van der Waals surface area contributed by atoms with Crippen LogP contribution in [0.4, 0.5) is 5.13 Å². The summed E-state index contributed by atoms with van der Waals surface area (Å²) in [5.41, 5.74) is 2.06. The number of benzene rings is 1. The first-order chi connectivity index (χ1) is 15.4. The second-order valence-corrected chi connectivity index (χ2v) is 8.25. The summed E-state index contributed by atoms with van der Waals surface area (Å²) < 4.78 is 0. The molecule has 2 N–H and O–H groups in total. The highest BCUT2D eigenvalue weighted by Crippen LogP contribution is 2.16. The fourth-order valence-corrected chi connectivity index (χ4v) is 3.65. The predicted octanol–water partition coefficient (Wildman–Crippen LogP) is 2.89. The molecule has 3 aromatic rings. The molecule has 32 heavy (non-hydrogen) atoms. The Bertz CT molecular complexity index is 1050. The monoisotopic (exact) mass is 451 g/mol. The molecule has 0 saturated heterocycles. The van der Waals surface area contributed by atoms with Crippen molar-refractivity contribution < 1.29 is 14.4 Å². The first-order valence-corrected chi connectivity index (χ1v) is 11.1. The van der Waals surface area contributed by atoms with Crippen molar-refractivity contribution in [3.63, 3.8) is 0 Å². The average Bonchev–Trinajstić information content (AvgIpc) is 3.23. The van der Waals surface area contributed by atoms with Gasteiger partial charge in [0.05, 0.1) is 12.1 Å². The Balaban J connectivity index is 1.52. The van der Waals surface area contributed by atoms with E-state index in [0.717, 1.165) is 5.56 Å². The summed E-state index contributed by atoms with van der Waals surface area (Å²) in [6, 6.07) is 12.4. The van der Waals surface area contributed by atoms with Gasteiger partial charge in [-0.25, -0.2) is 4.98 Å². The van der Waals surface area contributed by atoms with Crippen molar-refractivity contribution >= 4 is 34.2 Å². The largest absolute Gasteiger partial charge is 0.352 e. The van der Waals surface area contributed by atoms with Gasteiger partial charge >= 0.3 is 0 Å². The van der Waals surface area contributed by atoms with E-state index in [1.807, 2.05) is 32.0 Å². The van der Waals surface area contributed by atoms with Gasteiger partial charge in [0.1, 0.15) is 6.54 Å². The van der Waals surface area contributed by atoms with Crippen LogP contribution in [0.3, 0.4) is 0 Å². The molecule has 8 nitrogen and oxygen atoms in total. The second kappa shape index (κ2) is 11.1. The van der Waals surface area contributed by atoms with Crippen LogP contribution in [0.1, 0.15) is 35.5 Å². The molecule has 3 rings (SSSR count). The van der Waals surface area contributed by atoms with Crippen molar-refractivity contribution in [1.82, 2.24) is 20.2 Å². The molecule has 0 fully saturated rings. The molecule has 2 aromatic heterocycles. The van der Waals surface area contributed by atoms with Crippen LogP contribution in [-0.4, -0.2) is 45.2 Å². The summed E-state index contributed by atoms with van der Waals surface area (Å²) in [7, 11) is 0. The third-order valence-corrected chi connectivity index (χ3v) is 5.40. The van der Waals surface area contributed by atoms with Gasteiger partial charge in [0.2, 0.25) is 11.8 Å². The van der Waals surface area contributed by atoms with Crippen LogP contribution in [0.25, 0.3) is 0 Å². The Kier molecular flexibility index (Phi) is 8.04. The van der Waals surface area contributed by atoms with E-state index < -0.39 is 0 Å². The molecule has 0 aliphatic carbocycles. The van der Waals surface area contributed by atoms with Gasteiger partial charge in [0, 0.05) is 35.9 Å². The van der Waals surface area contributed by atoms with E-state index in [1.54, 1.807) is 42.0 Å². The van der Waals surface area contributed by atoms with Crippen LogP contribution in [0.2, 0.25) is 0 Å². The van der Waals surface area contributed by atoms with Crippen LogP contribution >= 0.6 is 11.3 Å². The number of carbonyl (C=O) groups is 3. The topological polar surface area (TPSA) is 104 Å². The quantitative estimate of drug-likeness (QED) is 0.521. The van der Waals surface area contributed by atoms with Crippen LogP contribution in [0, 0.1) is 0 Å². The predicted molar refractivity (Wildman–Crippen MR) is 123 cm³/mol.